The summed E-state index contributed by atoms with van der Waals surface area (Å²) in [5.74, 6) is -2.62. The highest BCUT2D eigenvalue weighted by Crippen LogP contribution is 2.36. The predicted octanol–water partition coefficient (Wildman–Crippen LogP) is 4.68. The number of ether oxygens (including phenoxy) is 1. The number of benzene rings is 1. The first-order valence-electron chi connectivity index (χ1n) is 12.2. The van der Waals surface area contributed by atoms with Gasteiger partial charge >= 0.3 is 17.6 Å². The van der Waals surface area contributed by atoms with Gasteiger partial charge in [0.05, 0.1) is 11.3 Å². The first-order valence-corrected chi connectivity index (χ1v) is 12.2. The molecule has 0 bridgehead atoms. The van der Waals surface area contributed by atoms with Crippen molar-refractivity contribution >= 4 is 5.97 Å². The fraction of sp³-hybridized carbons (Fsp3) is 0.357. The summed E-state index contributed by atoms with van der Waals surface area (Å²) in [7, 11) is 0. The van der Waals surface area contributed by atoms with Gasteiger partial charge in [-0.05, 0) is 51.2 Å². The molecule has 0 radical (unpaired) electrons. The lowest BCUT2D eigenvalue weighted by molar-refractivity contribution is 0.0283. The lowest BCUT2D eigenvalue weighted by atomic mass is 9.89. The molecule has 0 aliphatic heterocycles. The number of esters is 1. The average Bonchev–Trinajstić information content (AvgIpc) is 3.36. The van der Waals surface area contributed by atoms with Gasteiger partial charge in [-0.15, -0.1) is 0 Å². The molecule has 38 heavy (non-hydrogen) atoms. The Bertz CT molecular complexity index is 1530. The zero-order valence-electron chi connectivity index (χ0n) is 22.2. The van der Waals surface area contributed by atoms with E-state index in [9.17, 15) is 14.4 Å². The molecule has 3 heterocycles. The Hall–Kier alpha value is -4.18. The van der Waals surface area contributed by atoms with E-state index in [0.717, 1.165) is 22.4 Å². The van der Waals surface area contributed by atoms with Gasteiger partial charge in [-0.3, -0.25) is 4.98 Å². The molecule has 2 N–H and O–H groups in total. The van der Waals surface area contributed by atoms with Crippen LogP contribution >= 0.6 is 0 Å². The Balaban J connectivity index is 1.92. The van der Waals surface area contributed by atoms with Gasteiger partial charge in [0.15, 0.2) is 23.0 Å². The van der Waals surface area contributed by atoms with E-state index in [1.807, 2.05) is 31.2 Å². The van der Waals surface area contributed by atoms with E-state index < -0.39 is 23.7 Å². The summed E-state index contributed by atoms with van der Waals surface area (Å²) in [6.07, 6.45) is -0.759. The lowest BCUT2D eigenvalue weighted by Gasteiger charge is -2.21. The zero-order chi connectivity index (χ0) is 27.7. The molecule has 1 aromatic carbocycles. The van der Waals surface area contributed by atoms with E-state index in [4.69, 9.17) is 33.1 Å². The molecule has 0 saturated heterocycles. The number of nitrogens with two attached hydrogens (primary N) is 1. The summed E-state index contributed by atoms with van der Waals surface area (Å²) in [5, 5.41) is 0. The second-order valence-corrected chi connectivity index (χ2v) is 9.58. The molecule has 0 atom stereocenters. The maximum atomic E-state index is 13.9. The number of aryl methyl sites for hydroxylation is 4. The van der Waals surface area contributed by atoms with Gasteiger partial charge in [-0.2, -0.15) is 0 Å². The predicted molar refractivity (Wildman–Crippen MR) is 137 cm³/mol. The summed E-state index contributed by atoms with van der Waals surface area (Å²) < 4.78 is 26.1. The maximum Gasteiger partial charge on any atom is 0.519 e. The molecule has 4 rings (SSSR count). The van der Waals surface area contributed by atoms with Crippen LogP contribution in [0.3, 0.4) is 0 Å². The first-order chi connectivity index (χ1) is 18.0. The summed E-state index contributed by atoms with van der Waals surface area (Å²) in [4.78, 5) is 42.3. The third-order valence-corrected chi connectivity index (χ3v) is 6.17. The Morgan fingerprint density at radius 2 is 1.47 bits per heavy atom. The van der Waals surface area contributed by atoms with Crippen molar-refractivity contribution in [3.05, 3.63) is 96.6 Å². The normalized spacial score (nSPS) is 11.5. The molecule has 0 aliphatic carbocycles. The topological polar surface area (TPSA) is 152 Å². The van der Waals surface area contributed by atoms with E-state index >= 15 is 0 Å². The Morgan fingerprint density at radius 3 is 1.92 bits per heavy atom. The van der Waals surface area contributed by atoms with E-state index in [2.05, 4.69) is 13.8 Å². The summed E-state index contributed by atoms with van der Waals surface area (Å²) in [6.45, 7) is 10.9. The Labute approximate surface area is 218 Å². The number of nitrogens with zero attached hydrogens (tertiary/aromatic N) is 1. The first kappa shape index (κ1) is 26.9. The summed E-state index contributed by atoms with van der Waals surface area (Å²) in [5.41, 5.74) is 10.8. The molecule has 0 aliphatic rings. The zero-order valence-corrected chi connectivity index (χ0v) is 22.2. The van der Waals surface area contributed by atoms with Gasteiger partial charge < -0.3 is 28.1 Å². The molecule has 0 unspecified atom stereocenters. The molecule has 0 amide bonds. The van der Waals surface area contributed by atoms with Gasteiger partial charge in [-0.25, -0.2) is 14.4 Å². The highest BCUT2D eigenvalue weighted by Gasteiger charge is 2.35. The average molecular weight is 523 g/mol. The number of hydrogen-bond donors (Lipinski definition) is 1. The quantitative estimate of drug-likeness (QED) is 0.323. The summed E-state index contributed by atoms with van der Waals surface area (Å²) >= 11 is 0. The Morgan fingerprint density at radius 1 is 0.921 bits per heavy atom. The smallest absolute Gasteiger partial charge is 0.442 e. The van der Waals surface area contributed by atoms with Gasteiger partial charge in [0, 0.05) is 17.8 Å². The minimum atomic E-state index is -1.43. The fourth-order valence-electron chi connectivity index (χ4n) is 4.45. The van der Waals surface area contributed by atoms with Crippen LogP contribution in [0.25, 0.3) is 11.1 Å². The van der Waals surface area contributed by atoms with Crippen LogP contribution in [0.4, 0.5) is 0 Å². The fourth-order valence-corrected chi connectivity index (χ4v) is 4.45. The van der Waals surface area contributed by atoms with Crippen LogP contribution in [0, 0.1) is 33.6 Å². The summed E-state index contributed by atoms with van der Waals surface area (Å²) in [6, 6.07) is 7.71. The van der Waals surface area contributed by atoms with Crippen molar-refractivity contribution in [2.45, 2.75) is 60.6 Å². The maximum absolute atomic E-state index is 13.9. The van der Waals surface area contributed by atoms with Crippen LogP contribution in [0.5, 0.6) is 0 Å². The van der Waals surface area contributed by atoms with Crippen LogP contribution < -0.4 is 17.4 Å². The van der Waals surface area contributed by atoms with Crippen LogP contribution in [-0.2, 0) is 17.7 Å². The molecule has 200 valence electrons. The standard InChI is InChI=1S/C28H30N2O8/c1-13(2)11-20-19(12-29)22(18-9-7-14(3)8-10-18)21(15(4)30-20)26(31)36-25(23-16(5)34-27(32)37-23)24-17(6)35-28(33)38-24/h7-10,13,25H,11-12,29H2,1-6H3. The number of hydrogen-bond acceptors (Lipinski definition) is 10. The molecule has 0 fully saturated rings. The van der Waals surface area contributed by atoms with Crippen LogP contribution in [0.1, 0.15) is 75.9 Å². The van der Waals surface area contributed by atoms with Gasteiger partial charge in [0.1, 0.15) is 0 Å². The molecule has 0 saturated carbocycles. The van der Waals surface area contributed by atoms with Crippen molar-refractivity contribution < 1.29 is 27.2 Å². The molecule has 4 aromatic rings. The van der Waals surface area contributed by atoms with Crippen molar-refractivity contribution in [1.29, 1.82) is 0 Å². The lowest BCUT2D eigenvalue weighted by Crippen LogP contribution is -2.19. The van der Waals surface area contributed by atoms with Crippen molar-refractivity contribution in [2.75, 3.05) is 0 Å². The minimum absolute atomic E-state index is 0.0552. The van der Waals surface area contributed by atoms with E-state index in [1.54, 1.807) is 6.92 Å². The number of carbonyl (C=O) groups excluding carboxylic acids is 1. The second kappa shape index (κ2) is 10.7. The number of rotatable bonds is 8. The molecule has 10 nitrogen and oxygen atoms in total. The highest BCUT2D eigenvalue weighted by molar-refractivity contribution is 5.99. The van der Waals surface area contributed by atoms with Crippen molar-refractivity contribution in [3.63, 3.8) is 0 Å². The second-order valence-electron chi connectivity index (χ2n) is 9.58. The van der Waals surface area contributed by atoms with Crippen molar-refractivity contribution in [2.24, 2.45) is 11.7 Å². The Kier molecular flexibility index (Phi) is 7.54. The molecular weight excluding hydrogens is 492 g/mol. The van der Waals surface area contributed by atoms with Gasteiger partial charge in [-0.1, -0.05) is 43.7 Å². The molecule has 10 heteroatoms. The molecule has 3 aromatic heterocycles. The van der Waals surface area contributed by atoms with Gasteiger partial charge in [0.25, 0.3) is 0 Å². The molecule has 0 spiro atoms. The minimum Gasteiger partial charge on any atom is -0.442 e. The van der Waals surface area contributed by atoms with Crippen LogP contribution in [0.2, 0.25) is 0 Å². The van der Waals surface area contributed by atoms with Crippen LogP contribution in [0.15, 0.2) is 51.5 Å². The number of pyridine rings is 1. The van der Waals surface area contributed by atoms with Gasteiger partial charge in [0.2, 0.25) is 6.10 Å². The van der Waals surface area contributed by atoms with E-state index in [-0.39, 0.29) is 35.1 Å². The molecular formula is C28H30N2O8. The van der Waals surface area contributed by atoms with Crippen molar-refractivity contribution in [1.82, 2.24) is 4.98 Å². The van der Waals surface area contributed by atoms with Crippen LogP contribution in [-0.4, -0.2) is 11.0 Å². The monoisotopic (exact) mass is 522 g/mol. The number of carbonyl (C=O) groups is 1. The van der Waals surface area contributed by atoms with E-state index in [0.29, 0.717) is 23.6 Å². The third-order valence-electron chi connectivity index (χ3n) is 6.17. The number of aromatic nitrogens is 1. The highest BCUT2D eigenvalue weighted by atomic mass is 16.6. The van der Waals surface area contributed by atoms with Crippen molar-refractivity contribution in [3.8, 4) is 11.1 Å². The largest absolute Gasteiger partial charge is 0.519 e. The van der Waals surface area contributed by atoms with E-state index in [1.165, 1.54) is 13.8 Å². The third kappa shape index (κ3) is 5.26. The SMILES string of the molecule is Cc1ccc(-c2c(CN)c(CC(C)C)nc(C)c2C(=O)OC(c2oc(=O)oc2C)c2oc(=O)oc2C)cc1.